The number of rotatable bonds is 4. The van der Waals surface area contributed by atoms with E-state index < -0.39 is 9.84 Å². The smallest absolute Gasteiger partial charge is 0.223 e. The second-order valence-electron chi connectivity index (χ2n) is 7.91. The number of hydrogen-bond acceptors (Lipinski definition) is 3. The van der Waals surface area contributed by atoms with E-state index in [1.807, 2.05) is 12.1 Å². The van der Waals surface area contributed by atoms with Crippen molar-refractivity contribution >= 4 is 15.7 Å². The van der Waals surface area contributed by atoms with E-state index in [2.05, 4.69) is 27.7 Å². The molecule has 24 heavy (non-hydrogen) atoms. The Hall–Kier alpha value is -1.36. The van der Waals surface area contributed by atoms with E-state index in [4.69, 9.17) is 0 Å². The summed E-state index contributed by atoms with van der Waals surface area (Å²) in [5.41, 5.74) is 1.09. The molecular weight excluding hydrogens is 322 g/mol. The number of nitrogens with zero attached hydrogens (tertiary/aromatic N) is 1. The molecule has 4 nitrogen and oxygen atoms in total. The van der Waals surface area contributed by atoms with E-state index in [1.54, 1.807) is 17.0 Å². The highest BCUT2D eigenvalue weighted by Crippen LogP contribution is 2.24. The van der Waals surface area contributed by atoms with Crippen LogP contribution in [-0.4, -0.2) is 38.1 Å². The van der Waals surface area contributed by atoms with Gasteiger partial charge in [-0.05, 0) is 41.9 Å². The van der Waals surface area contributed by atoms with Gasteiger partial charge in [0.1, 0.15) is 0 Å². The predicted molar refractivity (Wildman–Crippen MR) is 96.8 cm³/mol. The molecule has 1 aliphatic heterocycles. The number of benzene rings is 1. The van der Waals surface area contributed by atoms with Crippen molar-refractivity contribution < 1.29 is 13.2 Å². The average molecular weight is 352 g/mol. The van der Waals surface area contributed by atoms with Crippen LogP contribution < -0.4 is 0 Å². The summed E-state index contributed by atoms with van der Waals surface area (Å²) in [6.07, 6.45) is 2.08. The van der Waals surface area contributed by atoms with Crippen LogP contribution in [0.2, 0.25) is 0 Å². The molecule has 1 saturated heterocycles. The van der Waals surface area contributed by atoms with Gasteiger partial charge in [-0.3, -0.25) is 4.79 Å². The Labute approximate surface area is 146 Å². The quantitative estimate of drug-likeness (QED) is 0.835. The Kier molecular flexibility index (Phi) is 5.74. The fourth-order valence-corrected chi connectivity index (χ4v) is 4.15. The average Bonchev–Trinajstić information content (AvgIpc) is 2.53. The molecule has 0 saturated carbocycles. The maximum atomic E-state index is 12.5. The lowest BCUT2D eigenvalue weighted by Gasteiger charge is -2.30. The summed E-state index contributed by atoms with van der Waals surface area (Å²) in [6, 6.07) is 7.04. The zero-order valence-electron chi connectivity index (χ0n) is 15.2. The summed E-state index contributed by atoms with van der Waals surface area (Å²) >= 11 is 0. The Bertz CT molecular complexity index is 664. The van der Waals surface area contributed by atoms with Crippen molar-refractivity contribution in [3.8, 4) is 0 Å². The van der Waals surface area contributed by atoms with Crippen LogP contribution in [0.15, 0.2) is 29.2 Å². The van der Waals surface area contributed by atoms with E-state index >= 15 is 0 Å². The topological polar surface area (TPSA) is 54.5 Å². The Balaban J connectivity index is 1.97. The molecule has 0 aromatic heterocycles. The Morgan fingerprint density at radius 1 is 1.12 bits per heavy atom. The zero-order chi connectivity index (χ0) is 18.0. The van der Waals surface area contributed by atoms with E-state index in [9.17, 15) is 13.2 Å². The highest BCUT2D eigenvalue weighted by atomic mass is 32.2. The van der Waals surface area contributed by atoms with Crippen molar-refractivity contribution in [2.75, 3.05) is 18.8 Å². The minimum atomic E-state index is -3.41. The van der Waals surface area contributed by atoms with Crippen LogP contribution in [0.5, 0.6) is 0 Å². The van der Waals surface area contributed by atoms with Crippen LogP contribution in [0.4, 0.5) is 0 Å². The lowest BCUT2D eigenvalue weighted by atomic mass is 9.87. The van der Waals surface area contributed by atoms with Crippen LogP contribution in [0.25, 0.3) is 0 Å². The zero-order valence-corrected chi connectivity index (χ0v) is 16.0. The molecule has 134 valence electrons. The van der Waals surface area contributed by atoms with Crippen molar-refractivity contribution in [2.45, 2.75) is 57.3 Å². The molecule has 0 spiro atoms. The maximum Gasteiger partial charge on any atom is 0.223 e. The van der Waals surface area contributed by atoms with Gasteiger partial charge in [0.25, 0.3) is 0 Å². The van der Waals surface area contributed by atoms with Crippen molar-refractivity contribution in [2.24, 2.45) is 5.92 Å². The minimum Gasteiger partial charge on any atom is -0.343 e. The summed E-state index contributed by atoms with van der Waals surface area (Å²) in [6.45, 7) is 9.96. The molecule has 0 aliphatic carbocycles. The second kappa shape index (κ2) is 7.26. The Morgan fingerprint density at radius 3 is 2.17 bits per heavy atom. The van der Waals surface area contributed by atoms with Gasteiger partial charge < -0.3 is 4.90 Å². The fourth-order valence-electron chi connectivity index (χ4n) is 2.92. The highest BCUT2D eigenvalue weighted by molar-refractivity contribution is 7.91. The predicted octanol–water partition coefficient (Wildman–Crippen LogP) is 3.41. The number of piperidine rings is 1. The fraction of sp³-hybridized carbons (Fsp3) is 0.632. The summed E-state index contributed by atoms with van der Waals surface area (Å²) in [7, 11) is -3.41. The molecule has 1 aromatic rings. The minimum absolute atomic E-state index is 0.0103. The van der Waals surface area contributed by atoms with Gasteiger partial charge in [0.05, 0.1) is 10.6 Å². The maximum absolute atomic E-state index is 12.5. The van der Waals surface area contributed by atoms with Crippen molar-refractivity contribution in [3.63, 3.8) is 0 Å². The number of carbonyl (C=O) groups excluding carboxylic acids is 1. The standard InChI is InChI=1S/C19H29NO3S/c1-15-9-12-20(13-10-15)18(21)11-14-24(22,23)17-7-5-16(6-8-17)19(2,3)4/h5-8,15H,9-14H2,1-4H3. The first-order chi connectivity index (χ1) is 11.1. The monoisotopic (exact) mass is 351 g/mol. The first-order valence-corrected chi connectivity index (χ1v) is 10.4. The van der Waals surface area contributed by atoms with Crippen LogP contribution >= 0.6 is 0 Å². The molecular formula is C19H29NO3S. The number of likely N-dealkylation sites (tertiary alicyclic amines) is 1. The van der Waals surface area contributed by atoms with Gasteiger partial charge in [0.2, 0.25) is 5.91 Å². The van der Waals surface area contributed by atoms with Crippen LogP contribution in [-0.2, 0) is 20.0 Å². The van der Waals surface area contributed by atoms with Crippen molar-refractivity contribution in [3.05, 3.63) is 29.8 Å². The third-order valence-corrected chi connectivity index (χ3v) is 6.53. The molecule has 1 heterocycles. The molecule has 0 bridgehead atoms. The van der Waals surface area contributed by atoms with E-state index in [0.29, 0.717) is 10.8 Å². The molecule has 0 atom stereocenters. The SMILES string of the molecule is CC1CCN(C(=O)CCS(=O)(=O)c2ccc(C(C)(C)C)cc2)CC1. The van der Waals surface area contributed by atoms with Crippen molar-refractivity contribution in [1.29, 1.82) is 0 Å². The lowest BCUT2D eigenvalue weighted by molar-refractivity contribution is -0.132. The lowest BCUT2D eigenvalue weighted by Crippen LogP contribution is -2.38. The number of hydrogen-bond donors (Lipinski definition) is 0. The van der Waals surface area contributed by atoms with E-state index in [-0.39, 0.29) is 23.5 Å². The summed E-state index contributed by atoms with van der Waals surface area (Å²) < 4.78 is 24.9. The second-order valence-corrected chi connectivity index (χ2v) is 10.0. The largest absolute Gasteiger partial charge is 0.343 e. The third kappa shape index (κ3) is 4.82. The van der Waals surface area contributed by atoms with Gasteiger partial charge in [-0.25, -0.2) is 8.42 Å². The number of sulfone groups is 1. The molecule has 0 radical (unpaired) electrons. The molecule has 0 unspecified atom stereocenters. The molecule has 5 heteroatoms. The van der Waals surface area contributed by atoms with Gasteiger partial charge in [-0.1, -0.05) is 39.8 Å². The van der Waals surface area contributed by atoms with E-state index in [0.717, 1.165) is 31.5 Å². The first-order valence-electron chi connectivity index (χ1n) is 8.71. The van der Waals surface area contributed by atoms with E-state index in [1.165, 1.54) is 0 Å². The normalized spacial score (nSPS) is 17.1. The molecule has 1 aliphatic rings. The molecule has 2 rings (SSSR count). The van der Waals surface area contributed by atoms with Crippen LogP contribution in [0, 0.1) is 5.92 Å². The molecule has 1 amide bonds. The number of carbonyl (C=O) groups is 1. The summed E-state index contributed by atoms with van der Waals surface area (Å²) in [5, 5.41) is 0. The molecule has 1 fully saturated rings. The molecule has 0 N–H and O–H groups in total. The van der Waals surface area contributed by atoms with Crippen LogP contribution in [0.3, 0.4) is 0 Å². The van der Waals surface area contributed by atoms with Crippen LogP contribution in [0.1, 0.15) is 52.5 Å². The van der Waals surface area contributed by atoms with Crippen molar-refractivity contribution in [1.82, 2.24) is 4.90 Å². The summed E-state index contributed by atoms with van der Waals surface area (Å²) in [4.78, 5) is 14.3. The highest BCUT2D eigenvalue weighted by Gasteiger charge is 2.23. The first kappa shape index (κ1) is 19.0. The van der Waals surface area contributed by atoms with Gasteiger partial charge >= 0.3 is 0 Å². The van der Waals surface area contributed by atoms with Gasteiger partial charge in [0.15, 0.2) is 9.84 Å². The van der Waals surface area contributed by atoms with Gasteiger partial charge in [-0.15, -0.1) is 0 Å². The summed E-state index contributed by atoms with van der Waals surface area (Å²) in [5.74, 6) is 0.489. The Morgan fingerprint density at radius 2 is 1.67 bits per heavy atom. The number of amides is 1. The van der Waals surface area contributed by atoms with Gasteiger partial charge in [-0.2, -0.15) is 0 Å². The van der Waals surface area contributed by atoms with Gasteiger partial charge in [0, 0.05) is 19.5 Å². The molecule has 1 aromatic carbocycles. The third-order valence-electron chi connectivity index (χ3n) is 4.80.